The lowest BCUT2D eigenvalue weighted by atomic mass is 9.95. The predicted molar refractivity (Wildman–Crippen MR) is 104 cm³/mol. The monoisotopic (exact) mass is 365 g/mol. The number of hydrogen-bond acceptors (Lipinski definition) is 3. The second kappa shape index (κ2) is 8.01. The molecule has 0 saturated carbocycles. The lowest BCUT2D eigenvalue weighted by molar-refractivity contribution is 0.0740. The van der Waals surface area contributed by atoms with Crippen molar-refractivity contribution in [3.05, 3.63) is 71.8 Å². The molecule has 2 atom stereocenters. The summed E-state index contributed by atoms with van der Waals surface area (Å²) in [6.45, 7) is 3.49. The Hall–Kier alpha value is -2.53. The van der Waals surface area contributed by atoms with Gasteiger partial charge in [-0.25, -0.2) is 4.39 Å². The number of carbonyl (C=O) groups excluding carboxylic acids is 1. The van der Waals surface area contributed by atoms with Crippen LogP contribution < -0.4 is 0 Å². The molecule has 0 N–H and O–H groups in total. The summed E-state index contributed by atoms with van der Waals surface area (Å²) >= 11 is 0. The third-order valence-electron chi connectivity index (χ3n) is 5.56. The third-order valence-corrected chi connectivity index (χ3v) is 5.56. The van der Waals surface area contributed by atoms with E-state index in [1.54, 1.807) is 36.7 Å². The summed E-state index contributed by atoms with van der Waals surface area (Å²) in [5.41, 5.74) is 1.72. The smallest absolute Gasteiger partial charge is 0.254 e. The van der Waals surface area contributed by atoms with Crippen LogP contribution in [-0.4, -0.2) is 52.9 Å². The maximum absolute atomic E-state index is 13.0. The molecule has 1 aromatic heterocycles. The Morgan fingerprint density at radius 2 is 1.85 bits per heavy atom. The van der Waals surface area contributed by atoms with Gasteiger partial charge in [-0.2, -0.15) is 0 Å². The fourth-order valence-electron chi connectivity index (χ4n) is 4.14. The predicted octanol–water partition coefficient (Wildman–Crippen LogP) is 3.47. The lowest BCUT2D eigenvalue weighted by Gasteiger charge is -2.35. The van der Waals surface area contributed by atoms with Gasteiger partial charge in [0.2, 0.25) is 0 Å². The Bertz CT molecular complexity index is 806. The molecule has 140 valence electrons. The molecule has 2 aromatic rings. The van der Waals surface area contributed by atoms with Gasteiger partial charge in [0.15, 0.2) is 0 Å². The zero-order valence-corrected chi connectivity index (χ0v) is 15.3. The van der Waals surface area contributed by atoms with E-state index < -0.39 is 0 Å². The Morgan fingerprint density at radius 3 is 2.63 bits per heavy atom. The van der Waals surface area contributed by atoms with Crippen LogP contribution in [0.1, 0.15) is 28.8 Å². The lowest BCUT2D eigenvalue weighted by Crippen LogP contribution is -2.44. The summed E-state index contributed by atoms with van der Waals surface area (Å²) in [4.78, 5) is 21.3. The number of pyridine rings is 1. The van der Waals surface area contributed by atoms with Gasteiger partial charge < -0.3 is 4.90 Å². The Kier molecular flexibility index (Phi) is 5.30. The normalized spacial score (nSPS) is 22.9. The van der Waals surface area contributed by atoms with Gasteiger partial charge in [0.05, 0.1) is 0 Å². The molecular formula is C22H24FN3O. The summed E-state index contributed by atoms with van der Waals surface area (Å²) in [6.07, 6.45) is 9.84. The first kappa shape index (κ1) is 17.9. The van der Waals surface area contributed by atoms with Gasteiger partial charge in [0, 0.05) is 50.2 Å². The highest BCUT2D eigenvalue weighted by molar-refractivity contribution is 5.94. The molecule has 3 aliphatic rings. The van der Waals surface area contributed by atoms with Gasteiger partial charge in [-0.1, -0.05) is 24.3 Å². The Labute approximate surface area is 159 Å². The van der Waals surface area contributed by atoms with E-state index in [2.05, 4.69) is 16.0 Å². The van der Waals surface area contributed by atoms with Crippen molar-refractivity contribution in [2.45, 2.75) is 18.9 Å². The number of piperidine rings is 1. The van der Waals surface area contributed by atoms with E-state index in [0.29, 0.717) is 17.5 Å². The fraction of sp³-hybridized carbons (Fsp3) is 0.364. The minimum atomic E-state index is -0.212. The first-order chi connectivity index (χ1) is 13.2. The number of aromatic nitrogens is 1. The molecule has 2 bridgehead atoms. The van der Waals surface area contributed by atoms with Crippen LogP contribution in [0.2, 0.25) is 0 Å². The number of hydrogen-bond donors (Lipinski definition) is 0. The average Bonchev–Trinajstić information content (AvgIpc) is 3.01. The van der Waals surface area contributed by atoms with Crippen LogP contribution in [0.25, 0.3) is 6.08 Å². The number of benzene rings is 1. The summed E-state index contributed by atoms with van der Waals surface area (Å²) in [5.74, 6) is 0.419. The molecular weight excluding hydrogens is 341 g/mol. The zero-order valence-electron chi connectivity index (χ0n) is 15.3. The maximum Gasteiger partial charge on any atom is 0.254 e. The number of fused-ring (bicyclic) bond motifs is 4. The molecule has 0 unspecified atom stereocenters. The first-order valence-corrected chi connectivity index (χ1v) is 9.54. The van der Waals surface area contributed by atoms with Gasteiger partial charge in [-0.15, -0.1) is 0 Å². The van der Waals surface area contributed by atoms with Crippen molar-refractivity contribution in [1.82, 2.24) is 14.8 Å². The van der Waals surface area contributed by atoms with Crippen LogP contribution in [0.15, 0.2) is 54.9 Å². The van der Waals surface area contributed by atoms with E-state index in [1.165, 1.54) is 18.6 Å². The number of carbonyl (C=O) groups is 1. The van der Waals surface area contributed by atoms with E-state index in [1.807, 2.05) is 11.0 Å². The second-order valence-electron chi connectivity index (χ2n) is 7.45. The third kappa shape index (κ3) is 4.25. The van der Waals surface area contributed by atoms with Gasteiger partial charge >= 0.3 is 0 Å². The topological polar surface area (TPSA) is 36.4 Å². The molecule has 1 aromatic carbocycles. The molecule has 4 heterocycles. The van der Waals surface area contributed by atoms with Crippen molar-refractivity contribution in [3.8, 4) is 0 Å². The molecule has 5 rings (SSSR count). The van der Waals surface area contributed by atoms with Crippen molar-refractivity contribution in [1.29, 1.82) is 0 Å². The largest absolute Gasteiger partial charge is 0.337 e. The Balaban J connectivity index is 1.41. The molecule has 5 heteroatoms. The van der Waals surface area contributed by atoms with E-state index in [9.17, 15) is 9.18 Å². The number of amides is 1. The Morgan fingerprint density at radius 1 is 1.07 bits per heavy atom. The molecule has 0 aliphatic carbocycles. The fourth-order valence-corrected chi connectivity index (χ4v) is 4.14. The van der Waals surface area contributed by atoms with Gasteiger partial charge in [0.25, 0.3) is 5.91 Å². The highest BCUT2D eigenvalue weighted by Crippen LogP contribution is 2.28. The van der Waals surface area contributed by atoms with E-state index in [0.717, 1.165) is 38.2 Å². The highest BCUT2D eigenvalue weighted by atomic mass is 19.1. The van der Waals surface area contributed by atoms with E-state index >= 15 is 0 Å². The highest BCUT2D eigenvalue weighted by Gasteiger charge is 2.36. The van der Waals surface area contributed by atoms with Crippen molar-refractivity contribution in [2.24, 2.45) is 5.92 Å². The van der Waals surface area contributed by atoms with Crippen LogP contribution in [0.5, 0.6) is 0 Å². The minimum Gasteiger partial charge on any atom is -0.337 e. The average molecular weight is 365 g/mol. The molecule has 0 spiro atoms. The quantitative estimate of drug-likeness (QED) is 0.832. The molecule has 0 radical (unpaired) electrons. The first-order valence-electron chi connectivity index (χ1n) is 9.54. The van der Waals surface area contributed by atoms with Gasteiger partial charge in [-0.3, -0.25) is 14.7 Å². The van der Waals surface area contributed by atoms with E-state index in [-0.39, 0.29) is 11.7 Å². The maximum atomic E-state index is 13.0. The molecule has 1 amide bonds. The molecule has 4 nitrogen and oxygen atoms in total. The van der Waals surface area contributed by atoms with Crippen LogP contribution in [0.3, 0.4) is 0 Å². The van der Waals surface area contributed by atoms with Crippen LogP contribution >= 0.6 is 0 Å². The summed E-state index contributed by atoms with van der Waals surface area (Å²) < 4.78 is 13.0. The van der Waals surface area contributed by atoms with Gasteiger partial charge in [-0.05, 0) is 48.6 Å². The summed E-state index contributed by atoms with van der Waals surface area (Å²) in [6, 6.07) is 10.5. The number of rotatable bonds is 4. The van der Waals surface area contributed by atoms with Crippen LogP contribution in [0, 0.1) is 11.7 Å². The summed E-state index contributed by atoms with van der Waals surface area (Å²) in [7, 11) is 0. The number of nitrogens with zero attached hydrogens (tertiary/aromatic N) is 3. The minimum absolute atomic E-state index is 0.109. The SMILES string of the molecule is O=C(c1ccncc1)N1C[C@@H]2CC[C@H](C1)N(CC=Cc1ccc(F)cc1)C2. The molecule has 27 heavy (non-hydrogen) atoms. The van der Waals surface area contributed by atoms with Crippen molar-refractivity contribution < 1.29 is 9.18 Å². The molecule has 3 fully saturated rings. The molecule has 3 saturated heterocycles. The number of halogens is 1. The zero-order chi connectivity index (χ0) is 18.6. The van der Waals surface area contributed by atoms with Crippen molar-refractivity contribution in [2.75, 3.05) is 26.2 Å². The summed E-state index contributed by atoms with van der Waals surface area (Å²) in [5, 5.41) is 0. The standard InChI is InChI=1S/C22H24FN3O/c23-20-6-3-17(4-7-20)2-1-13-25-14-18-5-8-21(25)16-26(15-18)22(27)19-9-11-24-12-10-19/h1-4,6-7,9-12,18,21H,5,8,13-16H2/t18-,21-/m1/s1. The van der Waals surface area contributed by atoms with Crippen LogP contribution in [0.4, 0.5) is 4.39 Å². The van der Waals surface area contributed by atoms with Crippen molar-refractivity contribution >= 4 is 12.0 Å². The van der Waals surface area contributed by atoms with E-state index in [4.69, 9.17) is 0 Å². The van der Waals surface area contributed by atoms with Crippen molar-refractivity contribution in [3.63, 3.8) is 0 Å². The van der Waals surface area contributed by atoms with Gasteiger partial charge in [0.1, 0.15) is 5.82 Å². The second-order valence-corrected chi connectivity index (χ2v) is 7.45. The van der Waals surface area contributed by atoms with Crippen LogP contribution in [-0.2, 0) is 0 Å². The molecule has 3 aliphatic heterocycles.